The Labute approximate surface area is 170 Å². The van der Waals surface area contributed by atoms with Crippen LogP contribution in [0.5, 0.6) is 0 Å². The Balaban J connectivity index is 2.18. The Hall–Kier alpha value is -1.08. The summed E-state index contributed by atoms with van der Waals surface area (Å²) in [7, 11) is -1.61. The van der Waals surface area contributed by atoms with E-state index in [1.54, 1.807) is 21.9 Å². The largest absolute Gasteiger partial charge is 0.0958 e. The van der Waals surface area contributed by atoms with Crippen LogP contribution in [0.4, 0.5) is 0 Å². The summed E-state index contributed by atoms with van der Waals surface area (Å²) in [5.74, 6) is 0. The van der Waals surface area contributed by atoms with E-state index in [9.17, 15) is 0 Å². The standard InChI is InChI=1S/C26H41Si/c1-6-8-10-12-14-23-19-24(15-13-11-9-7-2)21-26(20-23)27(4,5)25-17-16-22(3)18-25/h16-21H,6-15H2,1-5H3. The highest BCUT2D eigenvalue weighted by Gasteiger charge is 2.33. The van der Waals surface area contributed by atoms with Gasteiger partial charge >= 0.3 is 0 Å². The molecule has 0 aromatic heterocycles. The lowest BCUT2D eigenvalue weighted by atomic mass is 10.0. The maximum atomic E-state index is 2.55. The third-order valence-electron chi connectivity index (χ3n) is 6.04. The van der Waals surface area contributed by atoms with Gasteiger partial charge in [0, 0.05) is 5.54 Å². The first kappa shape index (κ1) is 22.2. The second-order valence-corrected chi connectivity index (χ2v) is 13.4. The van der Waals surface area contributed by atoms with E-state index in [1.165, 1.54) is 69.8 Å². The molecule has 0 heterocycles. The zero-order chi connectivity index (χ0) is 19.7. The molecule has 1 heteroatoms. The summed E-state index contributed by atoms with van der Waals surface area (Å²) in [6.45, 7) is 11.9. The van der Waals surface area contributed by atoms with Crippen LogP contribution in [0.3, 0.4) is 0 Å². The van der Waals surface area contributed by atoms with Gasteiger partial charge < -0.3 is 0 Å². The fraction of sp³-hybridized carbons (Fsp3) is 0.577. The van der Waals surface area contributed by atoms with Gasteiger partial charge in [0.05, 0.1) is 8.07 Å². The van der Waals surface area contributed by atoms with Crippen molar-refractivity contribution in [2.24, 2.45) is 0 Å². The minimum atomic E-state index is -1.61. The molecule has 1 radical (unpaired) electrons. The molecule has 0 bridgehead atoms. The Morgan fingerprint density at radius 3 is 1.70 bits per heavy atom. The lowest BCUT2D eigenvalue weighted by Crippen LogP contribution is -2.46. The first-order valence-electron chi connectivity index (χ1n) is 11.3. The van der Waals surface area contributed by atoms with Crippen LogP contribution >= 0.6 is 0 Å². The molecule has 0 aliphatic heterocycles. The molecule has 149 valence electrons. The molecule has 0 nitrogen and oxygen atoms in total. The van der Waals surface area contributed by atoms with Crippen LogP contribution in [0.25, 0.3) is 0 Å². The van der Waals surface area contributed by atoms with Gasteiger partial charge in [0.2, 0.25) is 0 Å². The summed E-state index contributed by atoms with van der Waals surface area (Å²) in [6.07, 6.45) is 20.4. The Morgan fingerprint density at radius 2 is 1.26 bits per heavy atom. The minimum absolute atomic E-state index is 1.25. The monoisotopic (exact) mass is 381 g/mol. The third-order valence-corrected chi connectivity index (χ3v) is 9.53. The SMILES string of the molecule is CCCCCCc1cc(CCCCCC)cc([Si](C)(C)[C]2C=CC(C)=C2)c1. The molecule has 0 N–H and O–H groups in total. The molecule has 1 aliphatic carbocycles. The summed E-state index contributed by atoms with van der Waals surface area (Å²) in [6, 6.07) is 7.62. The van der Waals surface area contributed by atoms with Crippen molar-refractivity contribution >= 4 is 13.3 Å². The van der Waals surface area contributed by atoms with Crippen LogP contribution in [-0.4, -0.2) is 8.07 Å². The second-order valence-electron chi connectivity index (χ2n) is 8.96. The molecule has 0 unspecified atom stereocenters. The van der Waals surface area contributed by atoms with Crippen molar-refractivity contribution in [3.8, 4) is 0 Å². The molecule has 1 aliphatic rings. The molecule has 0 saturated carbocycles. The van der Waals surface area contributed by atoms with Crippen LogP contribution in [0.2, 0.25) is 13.1 Å². The molecule has 0 spiro atoms. The van der Waals surface area contributed by atoms with Crippen LogP contribution in [0, 0.1) is 5.54 Å². The second kappa shape index (κ2) is 11.0. The van der Waals surface area contributed by atoms with Crippen molar-refractivity contribution in [2.45, 2.75) is 98.1 Å². The number of benzene rings is 1. The first-order chi connectivity index (χ1) is 13.0. The molecular formula is C26H41Si. The van der Waals surface area contributed by atoms with Crippen molar-refractivity contribution in [1.29, 1.82) is 0 Å². The third kappa shape index (κ3) is 6.78. The van der Waals surface area contributed by atoms with E-state index in [-0.39, 0.29) is 0 Å². The molecule has 1 aromatic carbocycles. The summed E-state index contributed by atoms with van der Waals surface area (Å²) < 4.78 is 0. The van der Waals surface area contributed by atoms with Gasteiger partial charge in [-0.3, -0.25) is 0 Å². The normalized spacial score (nSPS) is 14.8. The number of unbranched alkanes of at least 4 members (excludes halogenated alkanes) is 6. The van der Waals surface area contributed by atoms with E-state index >= 15 is 0 Å². The van der Waals surface area contributed by atoms with Gasteiger partial charge in [-0.1, -0.05) is 113 Å². The maximum Gasteiger partial charge on any atom is 0.0958 e. The molecule has 0 amide bonds. The predicted octanol–water partition coefficient (Wildman–Crippen LogP) is 7.48. The predicted molar refractivity (Wildman–Crippen MR) is 125 cm³/mol. The fourth-order valence-electron chi connectivity index (χ4n) is 4.04. The minimum Gasteiger partial charge on any atom is -0.0757 e. The van der Waals surface area contributed by atoms with Gasteiger partial charge in [-0.05, 0) is 43.7 Å². The molecule has 0 atom stereocenters. The van der Waals surface area contributed by atoms with Crippen LogP contribution < -0.4 is 5.19 Å². The number of hydrogen-bond donors (Lipinski definition) is 0. The first-order valence-corrected chi connectivity index (χ1v) is 14.3. The van der Waals surface area contributed by atoms with Gasteiger partial charge in [-0.25, -0.2) is 0 Å². The lowest BCUT2D eigenvalue weighted by molar-refractivity contribution is 0.661. The van der Waals surface area contributed by atoms with Gasteiger partial charge in [-0.15, -0.1) is 0 Å². The highest BCUT2D eigenvalue weighted by molar-refractivity contribution is 6.95. The summed E-state index contributed by atoms with van der Waals surface area (Å²) in [5.41, 5.74) is 6.15. The molecule has 0 saturated heterocycles. The van der Waals surface area contributed by atoms with E-state index in [1.807, 2.05) is 0 Å². The van der Waals surface area contributed by atoms with E-state index in [2.05, 4.69) is 70.3 Å². The Kier molecular flexibility index (Phi) is 9.09. The van der Waals surface area contributed by atoms with Crippen molar-refractivity contribution in [1.82, 2.24) is 0 Å². The van der Waals surface area contributed by atoms with Crippen molar-refractivity contribution in [2.75, 3.05) is 0 Å². The van der Waals surface area contributed by atoms with Gasteiger partial charge in [0.25, 0.3) is 0 Å². The van der Waals surface area contributed by atoms with Crippen molar-refractivity contribution in [3.05, 3.63) is 58.7 Å². The topological polar surface area (TPSA) is 0 Å². The summed E-state index contributed by atoms with van der Waals surface area (Å²) in [5, 5.41) is 1.63. The Morgan fingerprint density at radius 1 is 0.704 bits per heavy atom. The molecular weight excluding hydrogens is 340 g/mol. The number of allylic oxidation sites excluding steroid dienone is 4. The average molecular weight is 382 g/mol. The average Bonchev–Trinajstić information content (AvgIpc) is 3.09. The summed E-state index contributed by atoms with van der Waals surface area (Å²) >= 11 is 0. The van der Waals surface area contributed by atoms with Crippen LogP contribution in [0.15, 0.2) is 42.0 Å². The highest BCUT2D eigenvalue weighted by atomic mass is 28.3. The van der Waals surface area contributed by atoms with Gasteiger partial charge in [-0.2, -0.15) is 0 Å². The van der Waals surface area contributed by atoms with Crippen molar-refractivity contribution in [3.63, 3.8) is 0 Å². The van der Waals surface area contributed by atoms with Crippen molar-refractivity contribution < 1.29 is 0 Å². The van der Waals surface area contributed by atoms with Gasteiger partial charge in [0.1, 0.15) is 0 Å². The van der Waals surface area contributed by atoms with E-state index in [0.29, 0.717) is 0 Å². The van der Waals surface area contributed by atoms with Crippen LogP contribution in [-0.2, 0) is 12.8 Å². The zero-order valence-electron chi connectivity index (χ0n) is 18.5. The van der Waals surface area contributed by atoms with Gasteiger partial charge in [0.15, 0.2) is 0 Å². The number of aryl methyl sites for hydroxylation is 2. The zero-order valence-corrected chi connectivity index (χ0v) is 19.5. The maximum absolute atomic E-state index is 2.55. The molecule has 2 rings (SSSR count). The number of hydrogen-bond acceptors (Lipinski definition) is 0. The molecule has 27 heavy (non-hydrogen) atoms. The summed E-state index contributed by atoms with van der Waals surface area (Å²) in [4.78, 5) is 0. The smallest absolute Gasteiger partial charge is 0.0757 e. The molecule has 0 fully saturated rings. The van der Waals surface area contributed by atoms with E-state index < -0.39 is 8.07 Å². The lowest BCUT2D eigenvalue weighted by Gasteiger charge is -2.28. The highest BCUT2D eigenvalue weighted by Crippen LogP contribution is 2.28. The number of rotatable bonds is 12. The van der Waals surface area contributed by atoms with E-state index in [0.717, 1.165) is 0 Å². The van der Waals surface area contributed by atoms with E-state index in [4.69, 9.17) is 0 Å². The quantitative estimate of drug-likeness (QED) is 0.260. The van der Waals surface area contributed by atoms with Crippen LogP contribution in [0.1, 0.15) is 83.3 Å². The fourth-order valence-corrected chi connectivity index (χ4v) is 6.56. The Bertz CT molecular complexity index is 605. The molecule has 1 aromatic rings.